The van der Waals surface area contributed by atoms with Gasteiger partial charge in [0.1, 0.15) is 0 Å². The normalized spacial score (nSPS) is 10.8. The van der Waals surface area contributed by atoms with Crippen molar-refractivity contribution in [2.45, 2.75) is 0 Å². The molecule has 1 aromatic heterocycles. The summed E-state index contributed by atoms with van der Waals surface area (Å²) in [5.74, 6) is 0.123. The van der Waals surface area contributed by atoms with E-state index in [0.29, 0.717) is 11.4 Å². The molecule has 1 amide bonds. The molecule has 158 valence electrons. The lowest BCUT2D eigenvalue weighted by Crippen LogP contribution is -2.11. The molecule has 0 spiro atoms. The third-order valence-corrected chi connectivity index (χ3v) is 5.64. The van der Waals surface area contributed by atoms with E-state index in [-0.39, 0.29) is 5.57 Å². The Balaban J connectivity index is 1.76. The minimum Gasteiger partial charge on any atom is -0.366 e. The maximum Gasteiger partial charge on any atom is 0.248 e. The maximum absolute atomic E-state index is 11.7. The van der Waals surface area contributed by atoms with Crippen molar-refractivity contribution in [1.82, 2.24) is 9.97 Å². The molecule has 5 rings (SSSR count). The van der Waals surface area contributed by atoms with Gasteiger partial charge < -0.3 is 5.73 Å². The minimum absolute atomic E-state index is 0.278. The molecule has 0 saturated carbocycles. The van der Waals surface area contributed by atoms with Crippen LogP contribution in [0.1, 0.15) is 5.56 Å². The van der Waals surface area contributed by atoms with Crippen LogP contribution in [-0.2, 0) is 4.79 Å². The topological polar surface area (TPSA) is 68.9 Å². The van der Waals surface area contributed by atoms with E-state index >= 15 is 0 Å². The second kappa shape index (κ2) is 8.52. The first kappa shape index (κ1) is 20.3. The number of fused-ring (bicyclic) bond motifs is 1. The minimum atomic E-state index is -0.538. The Morgan fingerprint density at radius 3 is 2.09 bits per heavy atom. The molecule has 4 aromatic carbocycles. The van der Waals surface area contributed by atoms with Gasteiger partial charge in [0.2, 0.25) is 5.91 Å². The van der Waals surface area contributed by atoms with Crippen LogP contribution in [0.25, 0.3) is 50.1 Å². The summed E-state index contributed by atoms with van der Waals surface area (Å²) in [6.45, 7) is 3.84. The van der Waals surface area contributed by atoms with Crippen molar-refractivity contribution in [3.8, 4) is 33.6 Å². The number of nitrogens with zero attached hydrogens (tertiary/aromatic N) is 2. The number of benzene rings is 4. The number of nitrogens with two attached hydrogens (primary N) is 1. The van der Waals surface area contributed by atoms with Crippen molar-refractivity contribution in [2.75, 3.05) is 0 Å². The first-order valence-electron chi connectivity index (χ1n) is 10.6. The molecular weight excluding hydrogens is 406 g/mol. The number of amides is 1. The Labute approximate surface area is 192 Å². The van der Waals surface area contributed by atoms with Gasteiger partial charge >= 0.3 is 0 Å². The van der Waals surface area contributed by atoms with Crippen molar-refractivity contribution in [3.63, 3.8) is 0 Å². The summed E-state index contributed by atoms with van der Waals surface area (Å²) in [4.78, 5) is 21.3. The highest BCUT2D eigenvalue weighted by atomic mass is 16.1. The van der Waals surface area contributed by atoms with E-state index < -0.39 is 5.91 Å². The largest absolute Gasteiger partial charge is 0.366 e. The molecule has 0 unspecified atom stereocenters. The van der Waals surface area contributed by atoms with Crippen LogP contribution < -0.4 is 5.73 Å². The molecule has 0 bridgehead atoms. The molecule has 4 nitrogen and oxygen atoms in total. The number of carbonyl (C=O) groups is 1. The van der Waals surface area contributed by atoms with Crippen LogP contribution >= 0.6 is 0 Å². The zero-order valence-corrected chi connectivity index (χ0v) is 17.9. The summed E-state index contributed by atoms with van der Waals surface area (Å²) in [5, 5.41) is 0.935. The van der Waals surface area contributed by atoms with E-state index in [1.165, 1.54) is 0 Å². The van der Waals surface area contributed by atoms with Crippen LogP contribution in [0.5, 0.6) is 0 Å². The summed E-state index contributed by atoms with van der Waals surface area (Å²) >= 11 is 0. The van der Waals surface area contributed by atoms with Gasteiger partial charge in [0.15, 0.2) is 5.82 Å². The van der Waals surface area contributed by atoms with Crippen molar-refractivity contribution in [3.05, 3.63) is 115 Å². The molecule has 0 aliphatic heterocycles. The molecule has 4 heteroatoms. The van der Waals surface area contributed by atoms with Crippen LogP contribution in [0, 0.1) is 0 Å². The second-order valence-electron chi connectivity index (χ2n) is 7.81. The Bertz CT molecular complexity index is 1490. The van der Waals surface area contributed by atoms with Crippen LogP contribution in [-0.4, -0.2) is 15.9 Å². The third-order valence-electron chi connectivity index (χ3n) is 5.64. The summed E-state index contributed by atoms with van der Waals surface area (Å²) in [7, 11) is 0. The number of aromatic nitrogens is 2. The summed E-state index contributed by atoms with van der Waals surface area (Å²) in [6.07, 6.45) is 1.87. The number of hydrogen-bond donors (Lipinski definition) is 1. The lowest BCUT2D eigenvalue weighted by atomic mass is 9.94. The Morgan fingerprint density at radius 2 is 1.39 bits per heavy atom. The molecule has 5 aromatic rings. The highest BCUT2D eigenvalue weighted by molar-refractivity contribution is 6.18. The first-order valence-corrected chi connectivity index (χ1v) is 10.6. The second-order valence-corrected chi connectivity index (χ2v) is 7.81. The Kier molecular flexibility index (Phi) is 5.25. The highest BCUT2D eigenvalue weighted by Gasteiger charge is 2.14. The molecule has 1 heterocycles. The SMILES string of the molecule is C=C(C(N)=O)c1cccc(-c2cc(-c3ccccc3)cc3cnc(-c4ccccc4)nc23)c1. The smallest absolute Gasteiger partial charge is 0.248 e. The summed E-state index contributed by atoms with van der Waals surface area (Å²) in [5.41, 5.74) is 12.3. The molecule has 0 aliphatic carbocycles. The summed E-state index contributed by atoms with van der Waals surface area (Å²) < 4.78 is 0. The molecule has 0 atom stereocenters. The quantitative estimate of drug-likeness (QED) is 0.343. The van der Waals surface area contributed by atoms with Crippen LogP contribution in [0.15, 0.2) is 110 Å². The Morgan fingerprint density at radius 1 is 0.727 bits per heavy atom. The number of hydrogen-bond acceptors (Lipinski definition) is 3. The predicted octanol–water partition coefficient (Wildman–Crippen LogP) is 6.13. The predicted molar refractivity (Wildman–Crippen MR) is 134 cm³/mol. The fraction of sp³-hybridized carbons (Fsp3) is 0. The molecule has 0 saturated heterocycles. The van der Waals surface area contributed by atoms with Crippen LogP contribution in [0.4, 0.5) is 0 Å². The van der Waals surface area contributed by atoms with E-state index in [2.05, 4.69) is 35.8 Å². The van der Waals surface area contributed by atoms with Gasteiger partial charge in [-0.25, -0.2) is 9.97 Å². The van der Waals surface area contributed by atoms with E-state index in [1.54, 1.807) is 0 Å². The highest BCUT2D eigenvalue weighted by Crippen LogP contribution is 2.35. The summed E-state index contributed by atoms with van der Waals surface area (Å²) in [6, 6.07) is 32.0. The number of carbonyl (C=O) groups excluding carboxylic acids is 1. The van der Waals surface area contributed by atoms with Crippen molar-refractivity contribution in [1.29, 1.82) is 0 Å². The molecule has 33 heavy (non-hydrogen) atoms. The standard InChI is InChI=1S/C29H21N3O/c1-19(28(30)33)22-13-8-14-23(15-22)26-17-24(20-9-4-2-5-10-20)16-25-18-31-29(32-27(25)26)21-11-6-3-7-12-21/h2-18H,1H2,(H2,30,33). The maximum atomic E-state index is 11.7. The van der Waals surface area contributed by atoms with Gasteiger partial charge in [-0.1, -0.05) is 85.4 Å². The van der Waals surface area contributed by atoms with Gasteiger partial charge in [-0.2, -0.15) is 0 Å². The van der Waals surface area contributed by atoms with Gasteiger partial charge in [0.25, 0.3) is 0 Å². The lowest BCUT2D eigenvalue weighted by molar-refractivity contribution is -0.112. The van der Waals surface area contributed by atoms with E-state index in [4.69, 9.17) is 10.7 Å². The fourth-order valence-corrected chi connectivity index (χ4v) is 3.91. The average molecular weight is 428 g/mol. The molecule has 0 aliphatic rings. The molecule has 0 fully saturated rings. The number of primary amides is 1. The van der Waals surface area contributed by atoms with Gasteiger partial charge in [-0.05, 0) is 40.5 Å². The monoisotopic (exact) mass is 427 g/mol. The van der Waals surface area contributed by atoms with E-state index in [0.717, 1.165) is 38.7 Å². The van der Waals surface area contributed by atoms with Crippen LogP contribution in [0.3, 0.4) is 0 Å². The van der Waals surface area contributed by atoms with E-state index in [1.807, 2.05) is 79.0 Å². The lowest BCUT2D eigenvalue weighted by Gasteiger charge is -2.13. The molecule has 2 N–H and O–H groups in total. The first-order chi connectivity index (χ1) is 16.1. The van der Waals surface area contributed by atoms with Gasteiger partial charge in [-0.15, -0.1) is 0 Å². The average Bonchev–Trinajstić information content (AvgIpc) is 2.88. The third kappa shape index (κ3) is 4.02. The van der Waals surface area contributed by atoms with E-state index in [9.17, 15) is 4.79 Å². The van der Waals surface area contributed by atoms with Crippen molar-refractivity contribution < 1.29 is 4.79 Å². The Hall–Kier alpha value is -4.57. The van der Waals surface area contributed by atoms with Crippen LogP contribution in [0.2, 0.25) is 0 Å². The zero-order chi connectivity index (χ0) is 22.8. The van der Waals surface area contributed by atoms with Gasteiger partial charge in [0.05, 0.1) is 5.52 Å². The van der Waals surface area contributed by atoms with Gasteiger partial charge in [-0.3, -0.25) is 4.79 Å². The fourth-order valence-electron chi connectivity index (χ4n) is 3.91. The molecule has 0 radical (unpaired) electrons. The molecular formula is C29H21N3O. The van der Waals surface area contributed by atoms with Crippen molar-refractivity contribution >= 4 is 22.4 Å². The van der Waals surface area contributed by atoms with Gasteiger partial charge in [0, 0.05) is 28.3 Å². The van der Waals surface area contributed by atoms with Crippen molar-refractivity contribution in [2.24, 2.45) is 5.73 Å². The number of rotatable bonds is 5. The zero-order valence-electron chi connectivity index (χ0n) is 17.9.